The Hall–Kier alpha value is -1.48. The lowest BCUT2D eigenvalue weighted by molar-refractivity contribution is -0.700. The molecule has 0 bridgehead atoms. The number of carbonyl (C=O) groups is 2. The maximum atomic E-state index is 13.3. The summed E-state index contributed by atoms with van der Waals surface area (Å²) >= 11 is 0. The molecule has 3 saturated heterocycles. The molecule has 0 aromatic rings. The van der Waals surface area contributed by atoms with E-state index in [1.165, 1.54) is 0 Å². The van der Waals surface area contributed by atoms with Crippen molar-refractivity contribution in [3.05, 3.63) is 11.6 Å². The first-order valence-electron chi connectivity index (χ1n) is 15.5. The summed E-state index contributed by atoms with van der Waals surface area (Å²) < 4.78 is 25.2. The molecule has 8 nitrogen and oxygen atoms in total. The van der Waals surface area contributed by atoms with Gasteiger partial charge in [0.05, 0.1) is 12.6 Å². The molecule has 0 aromatic heterocycles. The Morgan fingerprint density at radius 2 is 1.97 bits per heavy atom. The molecule has 10 unspecified atom stereocenters. The van der Waals surface area contributed by atoms with Gasteiger partial charge in [0, 0.05) is 38.6 Å². The average molecular weight is 548 g/mol. The summed E-state index contributed by atoms with van der Waals surface area (Å²) in [5.74, 6) is 1.59. The number of ether oxygens (including phenoxy) is 4. The number of hydrogen-bond donors (Lipinski definition) is 2. The van der Waals surface area contributed by atoms with E-state index in [-0.39, 0.29) is 36.2 Å². The predicted molar refractivity (Wildman–Crippen MR) is 146 cm³/mol. The summed E-state index contributed by atoms with van der Waals surface area (Å²) in [7, 11) is 1.77. The van der Waals surface area contributed by atoms with Crippen molar-refractivity contribution in [1.82, 2.24) is 0 Å². The van der Waals surface area contributed by atoms with E-state index in [0.717, 1.165) is 77.4 Å². The Kier molecular flexibility index (Phi) is 8.77. The Morgan fingerprint density at radius 1 is 1.15 bits per heavy atom. The van der Waals surface area contributed by atoms with Crippen molar-refractivity contribution in [2.24, 2.45) is 35.3 Å². The second-order valence-corrected chi connectivity index (χ2v) is 13.3. The van der Waals surface area contributed by atoms with Crippen LogP contribution >= 0.6 is 0 Å². The summed E-state index contributed by atoms with van der Waals surface area (Å²) in [6.45, 7) is 7.63. The number of carbonyl (C=O) groups excluding carboxylic acids is 2. The third-order valence-corrected chi connectivity index (χ3v) is 11.1. The van der Waals surface area contributed by atoms with Crippen molar-refractivity contribution in [3.8, 4) is 0 Å². The largest absolute Gasteiger partial charge is 0.462 e. The van der Waals surface area contributed by atoms with E-state index in [0.29, 0.717) is 35.7 Å². The molecular weight excluding hydrogens is 496 g/mol. The number of methoxy groups -OCH3 is 1. The SMILES string of the molecule is CC=C(C)C(=O)OC1(C)CCC(CCCOC)C(C2CC[NH2+]C(N)C2)C12CC1CC3CCC(=O)OC3CC1O2. The molecule has 2 saturated carbocycles. The number of quaternary nitrogens is 1. The van der Waals surface area contributed by atoms with Gasteiger partial charge in [-0.1, -0.05) is 6.08 Å². The molecule has 10 atom stereocenters. The van der Waals surface area contributed by atoms with Crippen LogP contribution in [-0.4, -0.2) is 61.8 Å². The van der Waals surface area contributed by atoms with E-state index < -0.39 is 11.2 Å². The minimum Gasteiger partial charge on any atom is -0.462 e. The Bertz CT molecular complexity index is 940. The number of nitrogens with two attached hydrogens (primary N) is 2. The van der Waals surface area contributed by atoms with Crippen LogP contribution in [0.25, 0.3) is 0 Å². The highest BCUT2D eigenvalue weighted by Crippen LogP contribution is 2.62. The molecule has 8 heteroatoms. The molecule has 0 amide bonds. The third kappa shape index (κ3) is 5.55. The topological polar surface area (TPSA) is 114 Å². The first kappa shape index (κ1) is 29.0. The van der Waals surface area contributed by atoms with Crippen LogP contribution < -0.4 is 11.1 Å². The predicted octanol–water partition coefficient (Wildman–Crippen LogP) is 3.23. The van der Waals surface area contributed by atoms with Crippen LogP contribution in [0.2, 0.25) is 0 Å². The van der Waals surface area contributed by atoms with Crippen molar-refractivity contribution in [1.29, 1.82) is 0 Å². The first-order chi connectivity index (χ1) is 18.7. The van der Waals surface area contributed by atoms with Gasteiger partial charge in [-0.3, -0.25) is 10.5 Å². The van der Waals surface area contributed by atoms with Crippen molar-refractivity contribution in [3.63, 3.8) is 0 Å². The Balaban J connectivity index is 1.53. The van der Waals surface area contributed by atoms with Crippen LogP contribution in [-0.2, 0) is 28.5 Å². The Morgan fingerprint density at radius 3 is 2.72 bits per heavy atom. The van der Waals surface area contributed by atoms with Gasteiger partial charge in [0.15, 0.2) is 0 Å². The molecule has 5 aliphatic rings. The van der Waals surface area contributed by atoms with Crippen LogP contribution in [0.3, 0.4) is 0 Å². The molecule has 0 radical (unpaired) electrons. The van der Waals surface area contributed by atoms with Gasteiger partial charge in [0.1, 0.15) is 23.5 Å². The van der Waals surface area contributed by atoms with E-state index in [2.05, 4.69) is 12.2 Å². The summed E-state index contributed by atoms with van der Waals surface area (Å²) in [4.78, 5) is 25.5. The van der Waals surface area contributed by atoms with E-state index in [4.69, 9.17) is 24.7 Å². The Labute approximate surface area is 234 Å². The zero-order valence-corrected chi connectivity index (χ0v) is 24.5. The van der Waals surface area contributed by atoms with Gasteiger partial charge in [0.2, 0.25) is 0 Å². The summed E-state index contributed by atoms with van der Waals surface area (Å²) in [6, 6.07) is 0. The van der Waals surface area contributed by atoms with E-state index in [1.807, 2.05) is 19.9 Å². The van der Waals surface area contributed by atoms with Gasteiger partial charge in [-0.15, -0.1) is 0 Å². The maximum absolute atomic E-state index is 13.3. The van der Waals surface area contributed by atoms with Crippen LogP contribution in [0.4, 0.5) is 0 Å². The maximum Gasteiger partial charge on any atom is 0.334 e. The van der Waals surface area contributed by atoms with Crippen molar-refractivity contribution >= 4 is 11.9 Å². The first-order valence-corrected chi connectivity index (χ1v) is 15.5. The van der Waals surface area contributed by atoms with Crippen LogP contribution in [0, 0.1) is 29.6 Å². The van der Waals surface area contributed by atoms with Crippen LogP contribution in [0.5, 0.6) is 0 Å². The highest BCUT2D eigenvalue weighted by Gasteiger charge is 2.68. The number of piperidine rings is 1. The minimum absolute atomic E-state index is 0.0158. The molecule has 220 valence electrons. The van der Waals surface area contributed by atoms with Gasteiger partial charge in [0.25, 0.3) is 0 Å². The molecule has 1 spiro atoms. The lowest BCUT2D eigenvalue weighted by Gasteiger charge is -2.58. The molecule has 4 N–H and O–H groups in total. The standard InChI is InChI=1S/C31H50N2O6/c1-5-19(2)29(35)39-30(3)12-10-20(7-6-14-36-4)28(22-11-13-33-26(32)16-22)31(30)18-23-15-21-8-9-27(34)37-24(21)17-25(23)38-31/h5,20-26,28,33H,6-18,32H2,1-4H3/p+1. The van der Waals surface area contributed by atoms with Gasteiger partial charge in [-0.25, -0.2) is 4.79 Å². The molecule has 5 fully saturated rings. The van der Waals surface area contributed by atoms with Crippen molar-refractivity contribution in [2.45, 2.75) is 121 Å². The van der Waals surface area contributed by atoms with E-state index in [9.17, 15) is 9.59 Å². The normalized spacial score (nSPS) is 44.4. The second kappa shape index (κ2) is 11.8. The molecule has 3 heterocycles. The minimum atomic E-state index is -0.735. The van der Waals surface area contributed by atoms with Gasteiger partial charge < -0.3 is 24.3 Å². The van der Waals surface area contributed by atoms with Gasteiger partial charge >= 0.3 is 11.9 Å². The number of allylic oxidation sites excluding steroid dienone is 1. The number of rotatable bonds is 7. The van der Waals surface area contributed by atoms with Crippen molar-refractivity contribution < 1.29 is 33.9 Å². The average Bonchev–Trinajstić information content (AvgIpc) is 3.28. The number of esters is 2. The van der Waals surface area contributed by atoms with E-state index in [1.54, 1.807) is 7.11 Å². The highest BCUT2D eigenvalue weighted by molar-refractivity contribution is 5.88. The van der Waals surface area contributed by atoms with Crippen LogP contribution in [0.1, 0.15) is 91.4 Å². The lowest BCUT2D eigenvalue weighted by Crippen LogP contribution is -2.95. The summed E-state index contributed by atoms with van der Waals surface area (Å²) in [6.07, 6.45) is 11.9. The monoisotopic (exact) mass is 547 g/mol. The fourth-order valence-corrected chi connectivity index (χ4v) is 9.03. The molecule has 39 heavy (non-hydrogen) atoms. The molecule has 0 aromatic carbocycles. The zero-order chi connectivity index (χ0) is 27.8. The summed E-state index contributed by atoms with van der Waals surface area (Å²) in [5, 5.41) is 2.26. The lowest BCUT2D eigenvalue weighted by atomic mass is 9.53. The van der Waals surface area contributed by atoms with E-state index >= 15 is 0 Å². The highest BCUT2D eigenvalue weighted by atomic mass is 16.6. The third-order valence-electron chi connectivity index (χ3n) is 11.1. The fourth-order valence-electron chi connectivity index (χ4n) is 9.03. The zero-order valence-electron chi connectivity index (χ0n) is 24.5. The van der Waals surface area contributed by atoms with Gasteiger partial charge in [-0.05, 0) is 102 Å². The summed E-state index contributed by atoms with van der Waals surface area (Å²) in [5.41, 5.74) is 5.86. The number of fused-ring (bicyclic) bond motifs is 2. The fraction of sp³-hybridized carbons (Fsp3) is 0.871. The smallest absolute Gasteiger partial charge is 0.334 e. The number of hydrogen-bond acceptors (Lipinski definition) is 7. The molecule has 5 rings (SSSR count). The molecule has 2 aliphatic carbocycles. The quantitative estimate of drug-likeness (QED) is 0.286. The molecule has 3 aliphatic heterocycles. The van der Waals surface area contributed by atoms with Gasteiger partial charge in [-0.2, -0.15) is 0 Å². The van der Waals surface area contributed by atoms with Crippen molar-refractivity contribution in [2.75, 3.05) is 20.3 Å². The molecular formula is C31H51N2O6+. The van der Waals surface area contributed by atoms with Crippen LogP contribution in [0.15, 0.2) is 11.6 Å². The second-order valence-electron chi connectivity index (χ2n) is 13.3.